The zero-order chi connectivity index (χ0) is 15.1. The first-order valence-electron chi connectivity index (χ1n) is 7.58. The maximum Gasteiger partial charge on any atom is 0.409 e. The van der Waals surface area contributed by atoms with Crippen LogP contribution in [-0.4, -0.2) is 43.3 Å². The van der Waals surface area contributed by atoms with Gasteiger partial charge in [0.1, 0.15) is 0 Å². The molecule has 1 N–H and O–H groups in total. The Kier molecular flexibility index (Phi) is 6.33. The molecule has 1 aliphatic heterocycles. The molecule has 116 valence electrons. The molecule has 0 radical (unpaired) electrons. The molecule has 1 heterocycles. The van der Waals surface area contributed by atoms with Crippen LogP contribution in [0.4, 0.5) is 4.79 Å². The van der Waals surface area contributed by atoms with E-state index < -0.39 is 0 Å². The molecule has 21 heavy (non-hydrogen) atoms. The lowest BCUT2D eigenvalue weighted by atomic mass is 10.0. The smallest absolute Gasteiger partial charge is 0.409 e. The Morgan fingerprint density at radius 1 is 1.33 bits per heavy atom. The first-order valence-corrected chi connectivity index (χ1v) is 7.96. The summed E-state index contributed by atoms with van der Waals surface area (Å²) < 4.78 is 5.02. The molecule has 0 bridgehead atoms. The summed E-state index contributed by atoms with van der Waals surface area (Å²) in [5.41, 5.74) is 1.29. The maximum atomic E-state index is 11.6. The van der Waals surface area contributed by atoms with Crippen LogP contribution in [0.5, 0.6) is 0 Å². The zero-order valence-corrected chi connectivity index (χ0v) is 13.2. The summed E-state index contributed by atoms with van der Waals surface area (Å²) in [5.74, 6) is 0. The summed E-state index contributed by atoms with van der Waals surface area (Å²) in [7, 11) is 0. The fourth-order valence-corrected chi connectivity index (χ4v) is 2.68. The SMILES string of the molecule is CCOC(=O)N1CCC(NCCc2ccc(Cl)cc2)CC1. The van der Waals surface area contributed by atoms with Gasteiger partial charge in [0.2, 0.25) is 0 Å². The third kappa shape index (κ3) is 5.21. The number of carbonyl (C=O) groups is 1. The van der Waals surface area contributed by atoms with Crippen LogP contribution < -0.4 is 5.32 Å². The number of likely N-dealkylation sites (tertiary alicyclic amines) is 1. The van der Waals surface area contributed by atoms with Crippen LogP contribution in [0.2, 0.25) is 5.02 Å². The highest BCUT2D eigenvalue weighted by molar-refractivity contribution is 6.30. The Morgan fingerprint density at radius 3 is 2.62 bits per heavy atom. The second-order valence-electron chi connectivity index (χ2n) is 5.29. The fraction of sp³-hybridized carbons (Fsp3) is 0.562. The second kappa shape index (κ2) is 8.25. The van der Waals surface area contributed by atoms with Crippen molar-refractivity contribution in [1.82, 2.24) is 10.2 Å². The van der Waals surface area contributed by atoms with Gasteiger partial charge in [0.05, 0.1) is 6.61 Å². The molecule has 1 aromatic rings. The summed E-state index contributed by atoms with van der Waals surface area (Å²) in [5, 5.41) is 4.34. The molecule has 2 rings (SSSR count). The third-order valence-electron chi connectivity index (χ3n) is 3.78. The number of halogens is 1. The van der Waals surface area contributed by atoms with E-state index in [1.165, 1.54) is 5.56 Å². The molecule has 0 atom stereocenters. The van der Waals surface area contributed by atoms with Crippen LogP contribution in [-0.2, 0) is 11.2 Å². The van der Waals surface area contributed by atoms with Gasteiger partial charge in [-0.15, -0.1) is 0 Å². The average Bonchev–Trinajstić information content (AvgIpc) is 2.50. The maximum absolute atomic E-state index is 11.6. The number of nitrogens with one attached hydrogen (secondary N) is 1. The van der Waals surface area contributed by atoms with Crippen molar-refractivity contribution in [2.45, 2.75) is 32.2 Å². The van der Waals surface area contributed by atoms with Crippen molar-refractivity contribution in [2.75, 3.05) is 26.2 Å². The molecule has 1 saturated heterocycles. The minimum absolute atomic E-state index is 0.183. The predicted octanol–water partition coefficient (Wildman–Crippen LogP) is 3.09. The van der Waals surface area contributed by atoms with E-state index in [1.807, 2.05) is 19.1 Å². The lowest BCUT2D eigenvalue weighted by Gasteiger charge is -2.31. The summed E-state index contributed by atoms with van der Waals surface area (Å²) in [6.07, 6.45) is 2.78. The molecule has 0 unspecified atom stereocenters. The van der Waals surface area contributed by atoms with Gasteiger partial charge in [-0.3, -0.25) is 0 Å². The number of benzene rings is 1. The van der Waals surface area contributed by atoms with Crippen molar-refractivity contribution < 1.29 is 9.53 Å². The van der Waals surface area contributed by atoms with Crippen molar-refractivity contribution in [3.05, 3.63) is 34.9 Å². The molecule has 1 aromatic carbocycles. The van der Waals surface area contributed by atoms with Crippen LogP contribution in [0.3, 0.4) is 0 Å². The van der Waals surface area contributed by atoms with E-state index in [-0.39, 0.29) is 6.09 Å². The van der Waals surface area contributed by atoms with E-state index in [2.05, 4.69) is 17.4 Å². The topological polar surface area (TPSA) is 41.6 Å². The van der Waals surface area contributed by atoms with E-state index in [0.29, 0.717) is 12.6 Å². The molecular weight excluding hydrogens is 288 g/mol. The average molecular weight is 311 g/mol. The molecule has 0 aromatic heterocycles. The molecule has 4 nitrogen and oxygen atoms in total. The summed E-state index contributed by atoms with van der Waals surface area (Å²) in [6, 6.07) is 8.47. The molecule has 0 spiro atoms. The van der Waals surface area contributed by atoms with Gasteiger partial charge in [-0.2, -0.15) is 0 Å². The fourth-order valence-electron chi connectivity index (χ4n) is 2.55. The zero-order valence-electron chi connectivity index (χ0n) is 12.5. The normalized spacial score (nSPS) is 16.0. The van der Waals surface area contributed by atoms with Crippen molar-refractivity contribution in [1.29, 1.82) is 0 Å². The van der Waals surface area contributed by atoms with Gasteiger partial charge < -0.3 is 15.0 Å². The highest BCUT2D eigenvalue weighted by Gasteiger charge is 2.22. The molecule has 1 fully saturated rings. The number of rotatable bonds is 5. The Morgan fingerprint density at radius 2 is 2.00 bits per heavy atom. The van der Waals surface area contributed by atoms with Gasteiger partial charge in [-0.1, -0.05) is 23.7 Å². The molecule has 5 heteroatoms. The number of piperidine rings is 1. The number of ether oxygens (including phenoxy) is 1. The van der Waals surface area contributed by atoms with Gasteiger partial charge in [0.15, 0.2) is 0 Å². The number of nitrogens with zero attached hydrogens (tertiary/aromatic N) is 1. The Hall–Kier alpha value is -1.26. The van der Waals surface area contributed by atoms with Crippen molar-refractivity contribution in [3.8, 4) is 0 Å². The van der Waals surface area contributed by atoms with Gasteiger partial charge in [0.25, 0.3) is 0 Å². The van der Waals surface area contributed by atoms with Gasteiger partial charge in [-0.05, 0) is 50.4 Å². The quantitative estimate of drug-likeness (QED) is 0.908. The van der Waals surface area contributed by atoms with Crippen LogP contribution >= 0.6 is 11.6 Å². The first-order chi connectivity index (χ1) is 10.2. The van der Waals surface area contributed by atoms with E-state index >= 15 is 0 Å². The minimum atomic E-state index is -0.183. The Labute approximate surface area is 131 Å². The van der Waals surface area contributed by atoms with Crippen LogP contribution in [0.25, 0.3) is 0 Å². The van der Waals surface area contributed by atoms with Crippen molar-refractivity contribution in [2.24, 2.45) is 0 Å². The summed E-state index contributed by atoms with van der Waals surface area (Å²) in [4.78, 5) is 13.4. The van der Waals surface area contributed by atoms with E-state index in [4.69, 9.17) is 16.3 Å². The first kappa shape index (κ1) is 16.1. The van der Waals surface area contributed by atoms with Crippen molar-refractivity contribution in [3.63, 3.8) is 0 Å². The van der Waals surface area contributed by atoms with Crippen LogP contribution in [0, 0.1) is 0 Å². The lowest BCUT2D eigenvalue weighted by Crippen LogP contribution is -2.45. The van der Waals surface area contributed by atoms with Gasteiger partial charge in [0, 0.05) is 24.2 Å². The highest BCUT2D eigenvalue weighted by Crippen LogP contribution is 2.12. The van der Waals surface area contributed by atoms with Crippen LogP contribution in [0.15, 0.2) is 24.3 Å². The molecule has 0 saturated carbocycles. The summed E-state index contributed by atoms with van der Waals surface area (Å²) in [6.45, 7) is 4.78. The predicted molar refractivity (Wildman–Crippen MR) is 84.8 cm³/mol. The number of carbonyl (C=O) groups excluding carboxylic acids is 1. The van der Waals surface area contributed by atoms with Crippen LogP contribution in [0.1, 0.15) is 25.3 Å². The number of amides is 1. The van der Waals surface area contributed by atoms with Crippen molar-refractivity contribution >= 4 is 17.7 Å². The van der Waals surface area contributed by atoms with E-state index in [9.17, 15) is 4.79 Å². The molecule has 0 aliphatic carbocycles. The van der Waals surface area contributed by atoms with Gasteiger partial charge >= 0.3 is 6.09 Å². The molecule has 1 amide bonds. The Balaban J connectivity index is 1.65. The summed E-state index contributed by atoms with van der Waals surface area (Å²) >= 11 is 5.87. The minimum Gasteiger partial charge on any atom is -0.450 e. The number of hydrogen-bond acceptors (Lipinski definition) is 3. The Bertz CT molecular complexity index is 442. The molecule has 1 aliphatic rings. The highest BCUT2D eigenvalue weighted by atomic mass is 35.5. The number of hydrogen-bond donors (Lipinski definition) is 1. The largest absolute Gasteiger partial charge is 0.450 e. The third-order valence-corrected chi connectivity index (χ3v) is 4.03. The van der Waals surface area contributed by atoms with E-state index in [1.54, 1.807) is 4.90 Å². The van der Waals surface area contributed by atoms with E-state index in [0.717, 1.165) is 43.9 Å². The monoisotopic (exact) mass is 310 g/mol. The second-order valence-corrected chi connectivity index (χ2v) is 5.73. The standard InChI is InChI=1S/C16H23ClN2O2/c1-2-21-16(20)19-11-8-15(9-12-19)18-10-7-13-3-5-14(17)6-4-13/h3-6,15,18H,2,7-12H2,1H3. The molecular formula is C16H23ClN2O2. The lowest BCUT2D eigenvalue weighted by molar-refractivity contribution is 0.0952. The van der Waals surface area contributed by atoms with Gasteiger partial charge in [-0.25, -0.2) is 4.79 Å².